The van der Waals surface area contributed by atoms with Crippen molar-refractivity contribution in [3.63, 3.8) is 0 Å². The summed E-state index contributed by atoms with van der Waals surface area (Å²) in [7, 11) is 0. The maximum Gasteiger partial charge on any atom is 0.523 e. The molecule has 0 amide bonds. The molecule has 0 aliphatic heterocycles. The van der Waals surface area contributed by atoms with E-state index in [2.05, 4.69) is 4.74 Å². The van der Waals surface area contributed by atoms with Gasteiger partial charge in [0.15, 0.2) is 0 Å². The maximum absolute atomic E-state index is 14.3. The lowest BCUT2D eigenvalue weighted by Crippen LogP contribution is -2.64. The predicted molar refractivity (Wildman–Crippen MR) is 49.1 cm³/mol. The third-order valence-electron chi connectivity index (χ3n) is 3.33. The van der Waals surface area contributed by atoms with E-state index in [1.54, 1.807) is 0 Å². The van der Waals surface area contributed by atoms with Crippen LogP contribution in [0.1, 0.15) is 26.7 Å². The quantitative estimate of drug-likeness (QED) is 0.678. The van der Waals surface area contributed by atoms with E-state index in [0.717, 1.165) is 0 Å². The zero-order valence-corrected chi connectivity index (χ0v) is 10.6. The van der Waals surface area contributed by atoms with Gasteiger partial charge in [-0.15, -0.1) is 13.2 Å². The summed E-state index contributed by atoms with van der Waals surface area (Å²) in [6.07, 6.45) is -10.4. The minimum Gasteiger partial charge on any atom is -0.282 e. The van der Waals surface area contributed by atoms with Crippen molar-refractivity contribution in [3.05, 3.63) is 0 Å². The highest BCUT2D eigenvalue weighted by Crippen LogP contribution is 2.62. The summed E-state index contributed by atoms with van der Waals surface area (Å²) < 4.78 is 133. The fraction of sp³-hybridized carbons (Fsp3) is 1.00. The fourth-order valence-corrected chi connectivity index (χ4v) is 2.40. The second-order valence-corrected chi connectivity index (χ2v) is 5.25. The van der Waals surface area contributed by atoms with Gasteiger partial charge in [-0.05, 0) is 6.92 Å². The monoisotopic (exact) mass is 336 g/mol. The number of alkyl halides is 10. The van der Waals surface area contributed by atoms with Gasteiger partial charge in [-0.25, -0.2) is 22.0 Å². The van der Waals surface area contributed by atoms with Gasteiger partial charge >= 0.3 is 18.2 Å². The Morgan fingerprint density at radius 2 is 1.29 bits per heavy atom. The molecule has 126 valence electrons. The molecule has 0 aromatic rings. The highest BCUT2D eigenvalue weighted by molar-refractivity contribution is 5.19. The van der Waals surface area contributed by atoms with Crippen LogP contribution in [0.15, 0.2) is 0 Å². The Morgan fingerprint density at radius 1 is 0.857 bits per heavy atom. The molecule has 0 aromatic carbocycles. The molecule has 1 fully saturated rings. The Labute approximate surface area is 112 Å². The smallest absolute Gasteiger partial charge is 0.282 e. The van der Waals surface area contributed by atoms with Gasteiger partial charge < -0.3 is 0 Å². The van der Waals surface area contributed by atoms with Gasteiger partial charge in [0.25, 0.3) is 5.92 Å². The molecule has 2 atom stereocenters. The van der Waals surface area contributed by atoms with Gasteiger partial charge in [-0.2, -0.15) is 8.78 Å². The molecular formula is C10H10F10O. The molecule has 11 heteroatoms. The van der Waals surface area contributed by atoms with E-state index in [-0.39, 0.29) is 6.92 Å². The van der Waals surface area contributed by atoms with E-state index in [9.17, 15) is 43.9 Å². The number of ether oxygens (including phenoxy) is 1. The fourth-order valence-electron chi connectivity index (χ4n) is 2.40. The minimum absolute atomic E-state index is 0.0267. The van der Waals surface area contributed by atoms with Crippen molar-refractivity contribution >= 4 is 0 Å². The lowest BCUT2D eigenvalue weighted by Gasteiger charge is -2.43. The van der Waals surface area contributed by atoms with Crippen molar-refractivity contribution in [2.45, 2.75) is 62.1 Å². The molecule has 1 rings (SSSR count). The summed E-state index contributed by atoms with van der Waals surface area (Å²) in [6, 6.07) is 0. The van der Waals surface area contributed by atoms with Crippen molar-refractivity contribution in [1.29, 1.82) is 0 Å². The summed E-state index contributed by atoms with van der Waals surface area (Å²) in [5.74, 6) is -15.3. The molecule has 0 heterocycles. The molecule has 0 spiro atoms. The summed E-state index contributed by atoms with van der Waals surface area (Å²) in [5, 5.41) is 0. The predicted octanol–water partition coefficient (Wildman–Crippen LogP) is 4.71. The molecular weight excluding hydrogens is 326 g/mol. The van der Waals surface area contributed by atoms with Crippen LogP contribution >= 0.6 is 0 Å². The van der Waals surface area contributed by atoms with E-state index in [0.29, 0.717) is 0 Å². The van der Waals surface area contributed by atoms with Crippen LogP contribution in [0.5, 0.6) is 0 Å². The van der Waals surface area contributed by atoms with Crippen LogP contribution in [-0.2, 0) is 4.74 Å². The van der Waals surface area contributed by atoms with Gasteiger partial charge in [0.05, 0.1) is 6.42 Å². The Bertz CT molecular complexity index is 411. The number of hydrogen-bond acceptors (Lipinski definition) is 1. The largest absolute Gasteiger partial charge is 0.523 e. The Balaban J connectivity index is 3.41. The first-order valence-corrected chi connectivity index (χ1v) is 5.46. The molecule has 1 aliphatic carbocycles. The lowest BCUT2D eigenvalue weighted by molar-refractivity contribution is -0.400. The summed E-state index contributed by atoms with van der Waals surface area (Å²) in [5.41, 5.74) is -8.77. The number of hydrogen-bond donors (Lipinski definition) is 0. The van der Waals surface area contributed by atoms with Crippen molar-refractivity contribution in [3.8, 4) is 0 Å². The first kappa shape index (κ1) is 18.3. The third-order valence-corrected chi connectivity index (χ3v) is 3.33. The average molecular weight is 336 g/mol. The second-order valence-electron chi connectivity index (χ2n) is 5.25. The summed E-state index contributed by atoms with van der Waals surface area (Å²) >= 11 is 0. The van der Waals surface area contributed by atoms with Gasteiger partial charge in [0.2, 0.25) is 5.67 Å². The van der Waals surface area contributed by atoms with E-state index in [4.69, 9.17) is 0 Å². The molecule has 0 saturated heterocycles. The summed E-state index contributed by atoms with van der Waals surface area (Å²) in [4.78, 5) is 0. The minimum atomic E-state index is -5.79. The van der Waals surface area contributed by atoms with Gasteiger partial charge in [0.1, 0.15) is 5.60 Å². The van der Waals surface area contributed by atoms with E-state index in [1.807, 2.05) is 0 Å². The maximum atomic E-state index is 14.3. The van der Waals surface area contributed by atoms with Crippen LogP contribution in [0.25, 0.3) is 0 Å². The molecule has 0 N–H and O–H groups in total. The molecule has 2 unspecified atom stereocenters. The van der Waals surface area contributed by atoms with Crippen molar-refractivity contribution in [2.75, 3.05) is 0 Å². The van der Waals surface area contributed by atoms with Crippen LogP contribution < -0.4 is 0 Å². The molecule has 1 nitrogen and oxygen atoms in total. The van der Waals surface area contributed by atoms with Crippen LogP contribution in [0, 0.1) is 0 Å². The van der Waals surface area contributed by atoms with Crippen LogP contribution in [0.4, 0.5) is 43.9 Å². The molecule has 1 aliphatic rings. The highest BCUT2D eigenvalue weighted by atomic mass is 19.4. The normalized spacial score (nSPS) is 34.3. The van der Waals surface area contributed by atoms with E-state index >= 15 is 0 Å². The summed E-state index contributed by atoms with van der Waals surface area (Å²) in [6.45, 7) is -0.500. The second kappa shape index (κ2) is 4.39. The first-order chi connectivity index (χ1) is 8.87. The molecule has 21 heavy (non-hydrogen) atoms. The standard InChI is InChI=1S/C10H10F10O/c1-5(21-10(18,19)20)3-7(13,14)4-8(5,15)9(16,17)6(2,11)12/h3-4H2,1-2H3. The number of rotatable bonds is 3. The molecule has 0 aromatic heterocycles. The van der Waals surface area contributed by atoms with Crippen LogP contribution in [0.3, 0.4) is 0 Å². The third kappa shape index (κ3) is 2.93. The molecule has 1 saturated carbocycles. The van der Waals surface area contributed by atoms with Gasteiger partial charge in [-0.1, -0.05) is 0 Å². The zero-order valence-electron chi connectivity index (χ0n) is 10.6. The molecule has 0 bridgehead atoms. The number of halogens is 10. The van der Waals surface area contributed by atoms with Crippen LogP contribution in [-0.4, -0.2) is 35.4 Å². The van der Waals surface area contributed by atoms with Crippen LogP contribution in [0.2, 0.25) is 0 Å². The van der Waals surface area contributed by atoms with Gasteiger partial charge in [0, 0.05) is 13.3 Å². The van der Waals surface area contributed by atoms with Crippen molar-refractivity contribution in [2.24, 2.45) is 0 Å². The van der Waals surface area contributed by atoms with E-state index < -0.39 is 55.2 Å². The molecule has 0 radical (unpaired) electrons. The lowest BCUT2D eigenvalue weighted by atomic mass is 9.81. The Kier molecular flexibility index (Phi) is 3.82. The Hall–Kier alpha value is -0.740. The topological polar surface area (TPSA) is 9.23 Å². The zero-order chi connectivity index (χ0) is 17.1. The average Bonchev–Trinajstić information content (AvgIpc) is 2.26. The highest BCUT2D eigenvalue weighted by Gasteiger charge is 2.81. The SMILES string of the molecule is CC(F)(F)C(F)(F)C1(F)CC(F)(F)CC1(C)OC(F)(F)F. The van der Waals surface area contributed by atoms with Crippen molar-refractivity contribution in [1.82, 2.24) is 0 Å². The first-order valence-electron chi connectivity index (χ1n) is 5.46. The van der Waals surface area contributed by atoms with Gasteiger partial charge in [-0.3, -0.25) is 4.74 Å². The van der Waals surface area contributed by atoms with Crippen molar-refractivity contribution < 1.29 is 48.6 Å². The Morgan fingerprint density at radius 3 is 1.62 bits per heavy atom. The van der Waals surface area contributed by atoms with E-state index in [1.165, 1.54) is 0 Å².